The van der Waals surface area contributed by atoms with Gasteiger partial charge in [-0.1, -0.05) is 11.6 Å². The van der Waals surface area contributed by atoms with Gasteiger partial charge in [-0.3, -0.25) is 4.90 Å². The maximum Gasteiger partial charge on any atom is 0.183 e. The van der Waals surface area contributed by atoms with Crippen molar-refractivity contribution in [2.45, 2.75) is 19.5 Å². The van der Waals surface area contributed by atoms with E-state index in [1.54, 1.807) is 11.3 Å². The summed E-state index contributed by atoms with van der Waals surface area (Å²) in [5.74, 6) is 0. The van der Waals surface area contributed by atoms with Crippen molar-refractivity contribution in [1.29, 1.82) is 0 Å². The van der Waals surface area contributed by atoms with Crippen molar-refractivity contribution in [2.24, 2.45) is 0 Å². The predicted octanol–water partition coefficient (Wildman–Crippen LogP) is 1.59. The largest absolute Gasteiger partial charge is 0.314 e. The second kappa shape index (κ2) is 4.57. The van der Waals surface area contributed by atoms with Gasteiger partial charge in [0.05, 0.1) is 0 Å². The van der Waals surface area contributed by atoms with E-state index in [4.69, 9.17) is 11.6 Å². The van der Waals surface area contributed by atoms with Crippen LogP contribution in [-0.4, -0.2) is 35.6 Å². The molecule has 5 heteroatoms. The topological polar surface area (TPSA) is 28.2 Å². The summed E-state index contributed by atoms with van der Waals surface area (Å²) in [4.78, 5) is 7.76. The van der Waals surface area contributed by atoms with Crippen LogP contribution in [0.25, 0.3) is 0 Å². The van der Waals surface area contributed by atoms with Gasteiger partial charge in [0, 0.05) is 43.3 Å². The Bertz CT molecular complexity index is 302. The number of nitrogens with one attached hydrogen (secondary N) is 1. The summed E-state index contributed by atoms with van der Waals surface area (Å²) < 4.78 is 0.641. The molecule has 1 aliphatic heterocycles. The zero-order valence-electron chi connectivity index (χ0n) is 8.16. The molecule has 3 nitrogen and oxygen atoms in total. The van der Waals surface area contributed by atoms with E-state index in [1.807, 2.05) is 6.20 Å². The highest BCUT2D eigenvalue weighted by Gasteiger charge is 2.18. The van der Waals surface area contributed by atoms with Gasteiger partial charge in [0.25, 0.3) is 0 Å². The Morgan fingerprint density at radius 3 is 3.29 bits per heavy atom. The number of hydrogen-bond donors (Lipinski definition) is 1. The minimum Gasteiger partial charge on any atom is -0.314 e. The number of thiazole rings is 1. The van der Waals surface area contributed by atoms with Gasteiger partial charge in [0.1, 0.15) is 0 Å². The van der Waals surface area contributed by atoms with Gasteiger partial charge in [-0.25, -0.2) is 4.98 Å². The van der Waals surface area contributed by atoms with Gasteiger partial charge in [-0.2, -0.15) is 0 Å². The Morgan fingerprint density at radius 1 is 1.79 bits per heavy atom. The zero-order chi connectivity index (χ0) is 9.97. The molecule has 1 fully saturated rings. The van der Waals surface area contributed by atoms with Crippen LogP contribution in [0, 0.1) is 0 Å². The molecule has 0 aromatic carbocycles. The standard InChI is InChI=1S/C9H14ClN3S/c1-7-4-11-2-3-13(7)6-8-5-12-9(10)14-8/h5,7,11H,2-4,6H2,1H3. The second-order valence-electron chi connectivity index (χ2n) is 3.60. The van der Waals surface area contributed by atoms with Gasteiger partial charge in [-0.05, 0) is 6.92 Å². The first-order valence-corrected chi connectivity index (χ1v) is 6.00. The average Bonchev–Trinajstić information content (AvgIpc) is 2.56. The molecular weight excluding hydrogens is 218 g/mol. The lowest BCUT2D eigenvalue weighted by atomic mass is 10.2. The smallest absolute Gasteiger partial charge is 0.183 e. The maximum atomic E-state index is 5.79. The Labute approximate surface area is 93.1 Å². The molecule has 0 amide bonds. The summed E-state index contributed by atoms with van der Waals surface area (Å²) in [5, 5.41) is 3.38. The quantitative estimate of drug-likeness (QED) is 0.838. The fourth-order valence-corrected chi connectivity index (χ4v) is 2.68. The van der Waals surface area contributed by atoms with E-state index in [1.165, 1.54) is 4.88 Å². The highest BCUT2D eigenvalue weighted by Crippen LogP contribution is 2.20. The van der Waals surface area contributed by atoms with E-state index in [-0.39, 0.29) is 0 Å². The summed E-state index contributed by atoms with van der Waals surface area (Å²) in [5.41, 5.74) is 0. The van der Waals surface area contributed by atoms with Crippen molar-refractivity contribution in [2.75, 3.05) is 19.6 Å². The van der Waals surface area contributed by atoms with Crippen LogP contribution in [0.4, 0.5) is 0 Å². The molecule has 0 aliphatic carbocycles. The van der Waals surface area contributed by atoms with Crippen molar-refractivity contribution < 1.29 is 0 Å². The van der Waals surface area contributed by atoms with E-state index in [2.05, 4.69) is 22.1 Å². The van der Waals surface area contributed by atoms with Crippen LogP contribution < -0.4 is 5.32 Å². The molecule has 1 aromatic rings. The van der Waals surface area contributed by atoms with Gasteiger partial charge in [0.15, 0.2) is 4.47 Å². The third kappa shape index (κ3) is 2.45. The van der Waals surface area contributed by atoms with Crippen molar-refractivity contribution >= 4 is 22.9 Å². The van der Waals surface area contributed by atoms with E-state index in [0.29, 0.717) is 10.5 Å². The average molecular weight is 232 g/mol. The second-order valence-corrected chi connectivity index (χ2v) is 5.30. The highest BCUT2D eigenvalue weighted by atomic mass is 35.5. The Balaban J connectivity index is 1.95. The SMILES string of the molecule is CC1CNCCN1Cc1cnc(Cl)s1. The normalized spacial score (nSPS) is 24.0. The van der Waals surface area contributed by atoms with Crippen LogP contribution in [0.1, 0.15) is 11.8 Å². The predicted molar refractivity (Wildman–Crippen MR) is 59.9 cm³/mol. The molecule has 0 radical (unpaired) electrons. The van der Waals surface area contributed by atoms with Crippen LogP contribution in [0.5, 0.6) is 0 Å². The van der Waals surface area contributed by atoms with Gasteiger partial charge in [-0.15, -0.1) is 11.3 Å². The fourth-order valence-electron chi connectivity index (χ4n) is 1.67. The molecular formula is C9H14ClN3S. The van der Waals surface area contributed by atoms with Crippen molar-refractivity contribution in [1.82, 2.24) is 15.2 Å². The Hall–Kier alpha value is -0.160. The number of piperazine rings is 1. The van der Waals surface area contributed by atoms with E-state index >= 15 is 0 Å². The summed E-state index contributed by atoms with van der Waals surface area (Å²) in [6.07, 6.45) is 1.88. The lowest BCUT2D eigenvalue weighted by Gasteiger charge is -2.33. The van der Waals surface area contributed by atoms with E-state index < -0.39 is 0 Å². The molecule has 1 aromatic heterocycles. The molecule has 1 unspecified atom stereocenters. The summed E-state index contributed by atoms with van der Waals surface area (Å²) in [6, 6.07) is 0.602. The molecule has 14 heavy (non-hydrogen) atoms. The first-order chi connectivity index (χ1) is 6.75. The molecule has 0 bridgehead atoms. The molecule has 1 N–H and O–H groups in total. The first-order valence-electron chi connectivity index (χ1n) is 4.80. The molecule has 2 heterocycles. The lowest BCUT2D eigenvalue weighted by molar-refractivity contribution is 0.167. The van der Waals surface area contributed by atoms with Crippen LogP contribution in [0.15, 0.2) is 6.20 Å². The molecule has 1 atom stereocenters. The third-order valence-electron chi connectivity index (χ3n) is 2.52. The van der Waals surface area contributed by atoms with Crippen LogP contribution in [0.3, 0.4) is 0 Å². The number of nitrogens with zero attached hydrogens (tertiary/aromatic N) is 2. The van der Waals surface area contributed by atoms with Crippen molar-refractivity contribution in [3.63, 3.8) is 0 Å². The minimum atomic E-state index is 0.602. The van der Waals surface area contributed by atoms with Crippen molar-refractivity contribution in [3.05, 3.63) is 15.5 Å². The van der Waals surface area contributed by atoms with Gasteiger partial charge >= 0.3 is 0 Å². The van der Waals surface area contributed by atoms with Crippen LogP contribution in [-0.2, 0) is 6.54 Å². The van der Waals surface area contributed by atoms with E-state index in [9.17, 15) is 0 Å². The van der Waals surface area contributed by atoms with Crippen LogP contribution in [0.2, 0.25) is 4.47 Å². The first kappa shape index (κ1) is 10.4. The summed E-state index contributed by atoms with van der Waals surface area (Å²) >= 11 is 7.37. The van der Waals surface area contributed by atoms with Gasteiger partial charge < -0.3 is 5.32 Å². The third-order valence-corrected chi connectivity index (χ3v) is 3.62. The maximum absolute atomic E-state index is 5.79. The number of halogens is 1. The monoisotopic (exact) mass is 231 g/mol. The summed E-state index contributed by atoms with van der Waals surface area (Å²) in [6.45, 7) is 6.49. The lowest BCUT2D eigenvalue weighted by Crippen LogP contribution is -2.49. The minimum absolute atomic E-state index is 0.602. The van der Waals surface area contributed by atoms with Gasteiger partial charge in [0.2, 0.25) is 0 Å². The molecule has 0 spiro atoms. The molecule has 1 aliphatic rings. The van der Waals surface area contributed by atoms with Crippen LogP contribution >= 0.6 is 22.9 Å². The highest BCUT2D eigenvalue weighted by molar-refractivity contribution is 7.15. The number of rotatable bonds is 2. The Kier molecular flexibility index (Phi) is 3.38. The number of hydrogen-bond acceptors (Lipinski definition) is 4. The van der Waals surface area contributed by atoms with Crippen molar-refractivity contribution in [3.8, 4) is 0 Å². The molecule has 0 saturated carbocycles. The van der Waals surface area contributed by atoms with E-state index in [0.717, 1.165) is 26.2 Å². The molecule has 2 rings (SSSR count). The molecule has 1 saturated heterocycles. The fraction of sp³-hybridized carbons (Fsp3) is 0.667. The zero-order valence-corrected chi connectivity index (χ0v) is 9.74. The number of aromatic nitrogens is 1. The Morgan fingerprint density at radius 2 is 2.64 bits per heavy atom. The molecule has 78 valence electrons. The summed E-state index contributed by atoms with van der Waals surface area (Å²) in [7, 11) is 0.